The molecule has 84 valence electrons. The Labute approximate surface area is 91.2 Å². The number of carbonyl (C=O) groups is 3. The maximum Gasteiger partial charge on any atom is 0.367 e. The molecule has 1 aliphatic heterocycles. The first kappa shape index (κ1) is 12.0. The Kier molecular flexibility index (Phi) is 3.73. The fourth-order valence-corrected chi connectivity index (χ4v) is 2.31. The lowest BCUT2D eigenvalue weighted by Gasteiger charge is -2.24. The van der Waals surface area contributed by atoms with Crippen LogP contribution >= 0.6 is 11.8 Å². The highest BCUT2D eigenvalue weighted by molar-refractivity contribution is 8.02. The molecule has 15 heavy (non-hydrogen) atoms. The highest BCUT2D eigenvalue weighted by Crippen LogP contribution is 2.33. The molecule has 1 aliphatic rings. The highest BCUT2D eigenvalue weighted by atomic mass is 32.2. The van der Waals surface area contributed by atoms with Crippen LogP contribution in [0.15, 0.2) is 0 Å². The van der Waals surface area contributed by atoms with Gasteiger partial charge in [0.1, 0.15) is 0 Å². The standard InChI is InChI=1S/C9H12O5S/c1-2-15-9(8(12)13)6(10)4-3-5-7(11)14-9/h2-5H2,1H3,(H,12,13). The Balaban J connectivity index is 3.04. The second kappa shape index (κ2) is 4.65. The van der Waals surface area contributed by atoms with Crippen LogP contribution in [0.4, 0.5) is 0 Å². The molecule has 0 bridgehead atoms. The third-order valence-electron chi connectivity index (χ3n) is 2.04. The van der Waals surface area contributed by atoms with Gasteiger partial charge in [0, 0.05) is 12.8 Å². The SMILES string of the molecule is CCSC1(C(=O)O)OC(=O)CCCC1=O. The van der Waals surface area contributed by atoms with Crippen molar-refractivity contribution in [3.63, 3.8) is 0 Å². The van der Waals surface area contributed by atoms with E-state index in [9.17, 15) is 14.4 Å². The smallest absolute Gasteiger partial charge is 0.367 e. The number of hydrogen-bond acceptors (Lipinski definition) is 5. The molecule has 1 rings (SSSR count). The van der Waals surface area contributed by atoms with E-state index in [0.29, 0.717) is 12.2 Å². The lowest BCUT2D eigenvalue weighted by atomic mass is 10.1. The van der Waals surface area contributed by atoms with Crippen molar-refractivity contribution in [2.45, 2.75) is 31.1 Å². The Morgan fingerprint density at radius 3 is 2.73 bits per heavy atom. The summed E-state index contributed by atoms with van der Waals surface area (Å²) in [5.74, 6) is -2.16. The summed E-state index contributed by atoms with van der Waals surface area (Å²) < 4.78 is 4.79. The summed E-state index contributed by atoms with van der Waals surface area (Å²) >= 11 is 0.841. The van der Waals surface area contributed by atoms with Crippen LogP contribution in [0.25, 0.3) is 0 Å². The van der Waals surface area contributed by atoms with Crippen molar-refractivity contribution < 1.29 is 24.2 Å². The monoisotopic (exact) mass is 232 g/mol. The van der Waals surface area contributed by atoms with Gasteiger partial charge >= 0.3 is 16.9 Å². The largest absolute Gasteiger partial charge is 0.477 e. The summed E-state index contributed by atoms with van der Waals surface area (Å²) in [6.07, 6.45) is 0.535. The summed E-state index contributed by atoms with van der Waals surface area (Å²) in [4.78, 5) is 31.9. The summed E-state index contributed by atoms with van der Waals surface area (Å²) in [6.45, 7) is 1.71. The molecular formula is C9H12O5S. The zero-order chi connectivity index (χ0) is 11.5. The van der Waals surface area contributed by atoms with Crippen LogP contribution in [0.2, 0.25) is 0 Å². The molecule has 0 aromatic rings. The van der Waals surface area contributed by atoms with E-state index in [1.54, 1.807) is 6.92 Å². The van der Waals surface area contributed by atoms with Gasteiger partial charge in [0.2, 0.25) is 0 Å². The van der Waals surface area contributed by atoms with Crippen LogP contribution in [0.5, 0.6) is 0 Å². The molecule has 1 heterocycles. The average molecular weight is 232 g/mol. The zero-order valence-electron chi connectivity index (χ0n) is 8.32. The van der Waals surface area contributed by atoms with Gasteiger partial charge in [-0.2, -0.15) is 0 Å². The van der Waals surface area contributed by atoms with Crippen LogP contribution in [-0.2, 0) is 19.1 Å². The number of carboxylic acids is 1. The number of rotatable bonds is 3. The highest BCUT2D eigenvalue weighted by Gasteiger charge is 2.51. The minimum atomic E-state index is -2.01. The number of carboxylic acid groups (broad SMARTS) is 1. The van der Waals surface area contributed by atoms with E-state index >= 15 is 0 Å². The first-order chi connectivity index (χ1) is 7.03. The molecule has 1 unspecified atom stereocenters. The van der Waals surface area contributed by atoms with Gasteiger partial charge in [-0.3, -0.25) is 9.59 Å². The van der Waals surface area contributed by atoms with E-state index in [-0.39, 0.29) is 12.8 Å². The predicted molar refractivity (Wildman–Crippen MR) is 53.4 cm³/mol. The number of carbonyl (C=O) groups excluding carboxylic acids is 2. The van der Waals surface area contributed by atoms with Crippen molar-refractivity contribution in [2.24, 2.45) is 0 Å². The number of hydrogen-bond donors (Lipinski definition) is 1. The molecule has 0 aromatic heterocycles. The Hall–Kier alpha value is -1.04. The molecule has 1 atom stereocenters. The summed E-state index contributed by atoms with van der Waals surface area (Å²) in [5.41, 5.74) is 0. The van der Waals surface area contributed by atoms with Gasteiger partial charge in [0.15, 0.2) is 5.78 Å². The molecule has 0 aromatic carbocycles. The van der Waals surface area contributed by atoms with E-state index in [1.165, 1.54) is 0 Å². The van der Waals surface area contributed by atoms with Gasteiger partial charge in [0.05, 0.1) is 0 Å². The Morgan fingerprint density at radius 1 is 1.53 bits per heavy atom. The number of ether oxygens (including phenoxy) is 1. The maximum atomic E-state index is 11.6. The minimum absolute atomic E-state index is 0.0744. The molecule has 1 N–H and O–H groups in total. The van der Waals surface area contributed by atoms with Crippen LogP contribution in [0.1, 0.15) is 26.2 Å². The van der Waals surface area contributed by atoms with Gasteiger partial charge in [-0.15, -0.1) is 0 Å². The van der Waals surface area contributed by atoms with Crippen molar-refractivity contribution in [3.05, 3.63) is 0 Å². The van der Waals surface area contributed by atoms with Crippen LogP contribution < -0.4 is 0 Å². The first-order valence-electron chi connectivity index (χ1n) is 4.65. The van der Waals surface area contributed by atoms with Crippen molar-refractivity contribution >= 4 is 29.5 Å². The average Bonchev–Trinajstić information content (AvgIpc) is 2.28. The molecule has 1 saturated heterocycles. The molecule has 6 heteroatoms. The lowest BCUT2D eigenvalue weighted by Crippen LogP contribution is -2.46. The van der Waals surface area contributed by atoms with E-state index in [2.05, 4.69) is 0 Å². The van der Waals surface area contributed by atoms with E-state index in [4.69, 9.17) is 9.84 Å². The van der Waals surface area contributed by atoms with Gasteiger partial charge < -0.3 is 9.84 Å². The number of Topliss-reactive ketones (excluding diaryl/α,β-unsaturated/α-hetero) is 1. The predicted octanol–water partition coefficient (Wildman–Crippen LogP) is 0.817. The molecular weight excluding hydrogens is 220 g/mol. The van der Waals surface area contributed by atoms with Gasteiger partial charge in [0.25, 0.3) is 0 Å². The minimum Gasteiger partial charge on any atom is -0.477 e. The van der Waals surface area contributed by atoms with Gasteiger partial charge in [-0.25, -0.2) is 4.79 Å². The molecule has 1 fully saturated rings. The number of esters is 1. The molecule has 0 radical (unpaired) electrons. The van der Waals surface area contributed by atoms with Crippen LogP contribution in [0, 0.1) is 0 Å². The molecule has 0 amide bonds. The number of ketones is 1. The van der Waals surface area contributed by atoms with Crippen LogP contribution in [0.3, 0.4) is 0 Å². The fraction of sp³-hybridized carbons (Fsp3) is 0.667. The van der Waals surface area contributed by atoms with Gasteiger partial charge in [-0.05, 0) is 12.2 Å². The normalized spacial score (nSPS) is 27.0. The number of thioether (sulfide) groups is 1. The van der Waals surface area contributed by atoms with E-state index in [0.717, 1.165) is 11.8 Å². The number of cyclic esters (lactones) is 1. The van der Waals surface area contributed by atoms with Crippen molar-refractivity contribution in [1.82, 2.24) is 0 Å². The second-order valence-electron chi connectivity index (χ2n) is 3.11. The number of aliphatic carboxylic acids is 1. The molecule has 0 spiro atoms. The topological polar surface area (TPSA) is 80.7 Å². The van der Waals surface area contributed by atoms with Crippen molar-refractivity contribution in [1.29, 1.82) is 0 Å². The second-order valence-corrected chi connectivity index (χ2v) is 4.55. The summed E-state index contributed by atoms with van der Waals surface area (Å²) in [5, 5.41) is 9.01. The fourth-order valence-electron chi connectivity index (χ4n) is 1.36. The molecule has 5 nitrogen and oxygen atoms in total. The third-order valence-corrected chi connectivity index (χ3v) is 3.22. The molecule has 0 saturated carbocycles. The van der Waals surface area contributed by atoms with E-state index in [1.807, 2.05) is 0 Å². The first-order valence-corrected chi connectivity index (χ1v) is 5.64. The van der Waals surface area contributed by atoms with Crippen LogP contribution in [-0.4, -0.2) is 33.5 Å². The summed E-state index contributed by atoms with van der Waals surface area (Å²) in [6, 6.07) is 0. The Morgan fingerprint density at radius 2 is 2.20 bits per heavy atom. The maximum absolute atomic E-state index is 11.6. The zero-order valence-corrected chi connectivity index (χ0v) is 9.13. The van der Waals surface area contributed by atoms with Crippen molar-refractivity contribution in [2.75, 3.05) is 5.75 Å². The molecule has 0 aliphatic carbocycles. The lowest BCUT2D eigenvalue weighted by molar-refractivity contribution is -0.170. The van der Waals surface area contributed by atoms with Crippen molar-refractivity contribution in [3.8, 4) is 0 Å². The Bertz CT molecular complexity index is 301. The summed E-state index contributed by atoms with van der Waals surface area (Å²) in [7, 11) is 0. The quantitative estimate of drug-likeness (QED) is 0.573. The van der Waals surface area contributed by atoms with E-state index < -0.39 is 22.7 Å². The third kappa shape index (κ3) is 2.31. The van der Waals surface area contributed by atoms with Gasteiger partial charge in [-0.1, -0.05) is 18.7 Å².